The molecule has 0 saturated heterocycles. The highest BCUT2D eigenvalue weighted by atomic mass is 16.2. The zero-order valence-corrected chi connectivity index (χ0v) is 13.0. The van der Waals surface area contributed by atoms with Crippen LogP contribution in [0.2, 0.25) is 0 Å². The predicted molar refractivity (Wildman–Crippen MR) is 86.5 cm³/mol. The minimum absolute atomic E-state index is 0.117. The van der Waals surface area contributed by atoms with Crippen LogP contribution < -0.4 is 0 Å². The molecule has 0 aliphatic heterocycles. The van der Waals surface area contributed by atoms with Gasteiger partial charge in [0.05, 0.1) is 11.8 Å². The van der Waals surface area contributed by atoms with Crippen LogP contribution in [-0.2, 0) is 13.6 Å². The maximum Gasteiger partial charge on any atom is 0.257 e. The second kappa shape index (κ2) is 6.39. The first-order valence-corrected chi connectivity index (χ1v) is 7.24. The lowest BCUT2D eigenvalue weighted by molar-refractivity contribution is 0.0784. The van der Waals surface area contributed by atoms with Gasteiger partial charge in [-0.3, -0.25) is 9.48 Å². The van der Waals surface area contributed by atoms with Crippen molar-refractivity contribution in [1.82, 2.24) is 24.6 Å². The molecule has 0 aliphatic rings. The summed E-state index contributed by atoms with van der Waals surface area (Å²) in [6, 6.07) is 9.67. The zero-order valence-electron chi connectivity index (χ0n) is 13.0. The van der Waals surface area contributed by atoms with E-state index in [9.17, 15) is 4.79 Å². The van der Waals surface area contributed by atoms with Crippen LogP contribution in [0.1, 0.15) is 15.9 Å². The van der Waals surface area contributed by atoms with Crippen molar-refractivity contribution in [3.8, 4) is 11.4 Å². The van der Waals surface area contributed by atoms with E-state index in [1.165, 1.54) is 0 Å². The van der Waals surface area contributed by atoms with Gasteiger partial charge < -0.3 is 4.90 Å². The van der Waals surface area contributed by atoms with Gasteiger partial charge in [0.25, 0.3) is 5.91 Å². The molecule has 1 amide bonds. The number of amides is 1. The highest BCUT2D eigenvalue weighted by Gasteiger charge is 2.14. The van der Waals surface area contributed by atoms with Gasteiger partial charge in [-0.25, -0.2) is 9.97 Å². The van der Waals surface area contributed by atoms with Crippen LogP contribution in [0.4, 0.5) is 0 Å². The molecule has 0 saturated carbocycles. The lowest BCUT2D eigenvalue weighted by Gasteiger charge is -2.15. The van der Waals surface area contributed by atoms with Crippen LogP contribution >= 0.6 is 0 Å². The number of aryl methyl sites for hydroxylation is 1. The Morgan fingerprint density at radius 3 is 2.43 bits per heavy atom. The molecule has 0 radical (unpaired) electrons. The van der Waals surface area contributed by atoms with E-state index in [0.717, 1.165) is 11.1 Å². The van der Waals surface area contributed by atoms with Crippen LogP contribution in [0.15, 0.2) is 55.1 Å². The van der Waals surface area contributed by atoms with Crippen molar-refractivity contribution in [3.05, 3.63) is 66.2 Å². The Hall–Kier alpha value is -3.02. The largest absolute Gasteiger partial charge is 0.337 e. The van der Waals surface area contributed by atoms with Gasteiger partial charge >= 0.3 is 0 Å². The SMILES string of the molecule is CN(Cc1cnn(C)c1)C(=O)c1cnc(-c2ccccc2)nc1. The summed E-state index contributed by atoms with van der Waals surface area (Å²) < 4.78 is 1.71. The Morgan fingerprint density at radius 2 is 1.83 bits per heavy atom. The van der Waals surface area contributed by atoms with E-state index >= 15 is 0 Å². The molecule has 0 aliphatic carbocycles. The lowest BCUT2D eigenvalue weighted by atomic mass is 10.2. The predicted octanol–water partition coefficient (Wildman–Crippen LogP) is 2.15. The lowest BCUT2D eigenvalue weighted by Crippen LogP contribution is -2.26. The van der Waals surface area contributed by atoms with Crippen molar-refractivity contribution in [2.75, 3.05) is 7.05 Å². The Kier molecular flexibility index (Phi) is 4.14. The molecule has 2 aromatic heterocycles. The average Bonchev–Trinajstić information content (AvgIpc) is 3.00. The van der Waals surface area contributed by atoms with Gasteiger partial charge in [0.2, 0.25) is 0 Å². The number of aromatic nitrogens is 4. The number of benzene rings is 1. The summed E-state index contributed by atoms with van der Waals surface area (Å²) >= 11 is 0. The summed E-state index contributed by atoms with van der Waals surface area (Å²) in [6.45, 7) is 0.493. The second-order valence-corrected chi connectivity index (χ2v) is 5.34. The van der Waals surface area contributed by atoms with E-state index in [-0.39, 0.29) is 5.91 Å². The molecule has 0 unspecified atom stereocenters. The second-order valence-electron chi connectivity index (χ2n) is 5.34. The van der Waals surface area contributed by atoms with Gasteiger partial charge in [0, 0.05) is 50.4 Å². The summed E-state index contributed by atoms with van der Waals surface area (Å²) in [5, 5.41) is 4.10. The third kappa shape index (κ3) is 3.42. The van der Waals surface area contributed by atoms with Gasteiger partial charge in [-0.1, -0.05) is 30.3 Å². The number of carbonyl (C=O) groups excluding carboxylic acids is 1. The minimum Gasteiger partial charge on any atom is -0.337 e. The van der Waals surface area contributed by atoms with Gasteiger partial charge in [0.15, 0.2) is 5.82 Å². The molecule has 3 rings (SSSR count). The molecule has 0 spiro atoms. The molecular formula is C17H17N5O. The highest BCUT2D eigenvalue weighted by molar-refractivity contribution is 5.93. The van der Waals surface area contributed by atoms with Gasteiger partial charge in [-0.2, -0.15) is 5.10 Å². The molecule has 3 aromatic rings. The maximum absolute atomic E-state index is 12.4. The minimum atomic E-state index is -0.117. The van der Waals surface area contributed by atoms with E-state index in [1.807, 2.05) is 43.6 Å². The van der Waals surface area contributed by atoms with Crippen molar-refractivity contribution >= 4 is 5.91 Å². The van der Waals surface area contributed by atoms with Crippen LogP contribution in [0, 0.1) is 0 Å². The quantitative estimate of drug-likeness (QED) is 0.741. The summed E-state index contributed by atoms with van der Waals surface area (Å²) in [4.78, 5) is 22.6. The highest BCUT2D eigenvalue weighted by Crippen LogP contribution is 2.14. The number of rotatable bonds is 4. The van der Waals surface area contributed by atoms with Crippen molar-refractivity contribution in [3.63, 3.8) is 0 Å². The smallest absolute Gasteiger partial charge is 0.257 e. The molecule has 6 heteroatoms. The first-order chi connectivity index (χ1) is 11.1. The third-order valence-electron chi connectivity index (χ3n) is 3.46. The first-order valence-electron chi connectivity index (χ1n) is 7.24. The number of nitrogens with zero attached hydrogens (tertiary/aromatic N) is 5. The van der Waals surface area contributed by atoms with Crippen LogP contribution in [0.3, 0.4) is 0 Å². The molecule has 0 N–H and O–H groups in total. The molecular weight excluding hydrogens is 290 g/mol. The van der Waals surface area contributed by atoms with Gasteiger partial charge in [-0.15, -0.1) is 0 Å². The Balaban J connectivity index is 1.72. The fraction of sp³-hybridized carbons (Fsp3) is 0.176. The Labute approximate surface area is 134 Å². The summed E-state index contributed by atoms with van der Waals surface area (Å²) in [6.07, 6.45) is 6.77. The van der Waals surface area contributed by atoms with Crippen molar-refractivity contribution in [2.24, 2.45) is 7.05 Å². The monoisotopic (exact) mass is 307 g/mol. The summed E-state index contributed by atoms with van der Waals surface area (Å²) in [7, 11) is 3.60. The third-order valence-corrected chi connectivity index (χ3v) is 3.46. The standard InChI is InChI=1S/C17H17N5O/c1-21(11-13-8-20-22(2)12-13)17(23)15-9-18-16(19-10-15)14-6-4-3-5-7-14/h3-10,12H,11H2,1-2H3. The molecule has 116 valence electrons. The average molecular weight is 307 g/mol. The Bertz CT molecular complexity index is 795. The normalized spacial score (nSPS) is 10.5. The van der Waals surface area contributed by atoms with Gasteiger partial charge in [-0.05, 0) is 0 Å². The fourth-order valence-electron chi connectivity index (χ4n) is 2.29. The maximum atomic E-state index is 12.4. The fourth-order valence-corrected chi connectivity index (χ4v) is 2.29. The molecule has 6 nitrogen and oxygen atoms in total. The topological polar surface area (TPSA) is 63.9 Å². The van der Waals surface area contributed by atoms with E-state index in [4.69, 9.17) is 0 Å². The number of hydrogen-bond acceptors (Lipinski definition) is 4. The molecule has 1 aromatic carbocycles. The van der Waals surface area contributed by atoms with Gasteiger partial charge in [0.1, 0.15) is 0 Å². The van der Waals surface area contributed by atoms with Crippen molar-refractivity contribution in [1.29, 1.82) is 0 Å². The van der Waals surface area contributed by atoms with E-state index in [1.54, 1.807) is 35.2 Å². The van der Waals surface area contributed by atoms with Crippen LogP contribution in [0.5, 0.6) is 0 Å². The molecule has 23 heavy (non-hydrogen) atoms. The van der Waals surface area contributed by atoms with Crippen LogP contribution in [-0.4, -0.2) is 37.6 Å². The Morgan fingerprint density at radius 1 is 1.13 bits per heavy atom. The van der Waals surface area contributed by atoms with E-state index in [0.29, 0.717) is 17.9 Å². The molecule has 0 atom stereocenters. The van der Waals surface area contributed by atoms with Crippen LogP contribution in [0.25, 0.3) is 11.4 Å². The van der Waals surface area contributed by atoms with E-state index < -0.39 is 0 Å². The first kappa shape index (κ1) is 14.9. The molecule has 2 heterocycles. The number of carbonyl (C=O) groups is 1. The molecule has 0 bridgehead atoms. The summed E-state index contributed by atoms with van der Waals surface area (Å²) in [5.41, 5.74) is 2.37. The van der Waals surface area contributed by atoms with Crippen molar-refractivity contribution in [2.45, 2.75) is 6.54 Å². The van der Waals surface area contributed by atoms with E-state index in [2.05, 4.69) is 15.1 Å². The molecule has 0 fully saturated rings. The zero-order chi connectivity index (χ0) is 16.2. The number of hydrogen-bond donors (Lipinski definition) is 0. The summed E-state index contributed by atoms with van der Waals surface area (Å²) in [5.74, 6) is 0.491. The van der Waals surface area contributed by atoms with Crippen molar-refractivity contribution < 1.29 is 4.79 Å².